The monoisotopic (exact) mass is 888 g/mol. The molecule has 6 nitrogen and oxygen atoms in total. The Kier molecular flexibility index (Phi) is 51.6. The number of ether oxygens (including phenoxy) is 1. The summed E-state index contributed by atoms with van der Waals surface area (Å²) < 4.78 is 5.45. The number of aliphatic hydroxyl groups excluding tert-OH is 2. The number of nitrogens with one attached hydrogen (secondary N) is 1. The number of carbonyl (C=O) groups excluding carboxylic acids is 2. The van der Waals surface area contributed by atoms with Crippen LogP contribution in [0.3, 0.4) is 0 Å². The molecule has 6 heteroatoms. The van der Waals surface area contributed by atoms with Gasteiger partial charge in [0, 0.05) is 12.8 Å². The van der Waals surface area contributed by atoms with E-state index in [1.54, 1.807) is 6.08 Å². The van der Waals surface area contributed by atoms with E-state index in [9.17, 15) is 19.8 Å². The van der Waals surface area contributed by atoms with Gasteiger partial charge >= 0.3 is 5.97 Å². The second kappa shape index (κ2) is 53.0. The fraction of sp³-hybridized carbons (Fsp3) is 0.895. The van der Waals surface area contributed by atoms with Gasteiger partial charge in [0.15, 0.2) is 0 Å². The number of allylic oxidation sites excluding steroid dienone is 3. The van der Waals surface area contributed by atoms with Crippen molar-refractivity contribution in [2.45, 2.75) is 315 Å². The van der Waals surface area contributed by atoms with Crippen LogP contribution in [0.2, 0.25) is 0 Å². The summed E-state index contributed by atoms with van der Waals surface area (Å²) in [4.78, 5) is 24.5. The molecule has 2 unspecified atom stereocenters. The van der Waals surface area contributed by atoms with Gasteiger partial charge < -0.3 is 20.3 Å². The van der Waals surface area contributed by atoms with Crippen molar-refractivity contribution in [2.24, 2.45) is 0 Å². The smallest absolute Gasteiger partial charge is 0.305 e. The summed E-state index contributed by atoms with van der Waals surface area (Å²) in [6.07, 6.45) is 63.3. The molecule has 0 saturated carbocycles. The summed E-state index contributed by atoms with van der Waals surface area (Å²) in [6.45, 7) is 4.85. The molecule has 0 aliphatic rings. The van der Waals surface area contributed by atoms with E-state index < -0.39 is 12.1 Å². The zero-order chi connectivity index (χ0) is 45.8. The van der Waals surface area contributed by atoms with E-state index in [2.05, 4.69) is 31.3 Å². The topological polar surface area (TPSA) is 95.9 Å². The summed E-state index contributed by atoms with van der Waals surface area (Å²) in [6, 6.07) is -0.646. The zero-order valence-corrected chi connectivity index (χ0v) is 42.3. The van der Waals surface area contributed by atoms with Gasteiger partial charge in [-0.2, -0.15) is 0 Å². The second-order valence-electron chi connectivity index (χ2n) is 19.3. The van der Waals surface area contributed by atoms with E-state index in [0.29, 0.717) is 19.4 Å². The van der Waals surface area contributed by atoms with Crippen LogP contribution in [0.25, 0.3) is 0 Å². The molecule has 0 radical (unpaired) electrons. The highest BCUT2D eigenvalue weighted by molar-refractivity contribution is 5.76. The third-order valence-corrected chi connectivity index (χ3v) is 13.0. The van der Waals surface area contributed by atoms with Crippen molar-refractivity contribution in [3.05, 3.63) is 24.3 Å². The number of hydrogen-bond donors (Lipinski definition) is 3. The zero-order valence-electron chi connectivity index (χ0n) is 42.3. The maximum atomic E-state index is 12.5. The van der Waals surface area contributed by atoms with Gasteiger partial charge in [-0.05, 0) is 57.8 Å². The van der Waals surface area contributed by atoms with Crippen molar-refractivity contribution in [2.75, 3.05) is 13.2 Å². The van der Waals surface area contributed by atoms with Crippen molar-refractivity contribution in [1.82, 2.24) is 5.32 Å². The molecule has 0 aromatic carbocycles. The van der Waals surface area contributed by atoms with Crippen molar-refractivity contribution in [1.29, 1.82) is 0 Å². The number of hydrogen-bond acceptors (Lipinski definition) is 5. The largest absolute Gasteiger partial charge is 0.466 e. The summed E-state index contributed by atoms with van der Waals surface area (Å²) in [7, 11) is 0. The van der Waals surface area contributed by atoms with Gasteiger partial charge in [-0.1, -0.05) is 256 Å². The lowest BCUT2D eigenvalue weighted by Gasteiger charge is -2.20. The average molecular weight is 889 g/mol. The van der Waals surface area contributed by atoms with E-state index in [1.165, 1.54) is 218 Å². The first-order valence-electron chi connectivity index (χ1n) is 28.1. The lowest BCUT2D eigenvalue weighted by molar-refractivity contribution is -0.143. The molecule has 2 atom stereocenters. The predicted octanol–water partition coefficient (Wildman–Crippen LogP) is 17.1. The summed E-state index contributed by atoms with van der Waals surface area (Å²) >= 11 is 0. The van der Waals surface area contributed by atoms with Crippen LogP contribution in [0.15, 0.2) is 24.3 Å². The van der Waals surface area contributed by atoms with Crippen molar-refractivity contribution in [3.8, 4) is 0 Å². The molecule has 1 amide bonds. The first-order chi connectivity index (χ1) is 31.0. The minimum atomic E-state index is -0.860. The van der Waals surface area contributed by atoms with E-state index in [0.717, 1.165) is 57.8 Å². The fourth-order valence-corrected chi connectivity index (χ4v) is 8.63. The highest BCUT2D eigenvalue weighted by Gasteiger charge is 2.18. The highest BCUT2D eigenvalue weighted by Crippen LogP contribution is 2.17. The molecule has 0 rings (SSSR count). The van der Waals surface area contributed by atoms with E-state index in [-0.39, 0.29) is 18.5 Å². The number of rotatable bonds is 52. The minimum Gasteiger partial charge on any atom is -0.466 e. The third kappa shape index (κ3) is 49.6. The molecular formula is C57H109NO5. The minimum absolute atomic E-state index is 0.0295. The van der Waals surface area contributed by atoms with Crippen LogP contribution in [0, 0.1) is 0 Å². The Morgan fingerprint density at radius 1 is 0.429 bits per heavy atom. The van der Waals surface area contributed by atoms with Gasteiger partial charge in [-0.25, -0.2) is 0 Å². The van der Waals surface area contributed by atoms with Crippen LogP contribution in [0.5, 0.6) is 0 Å². The molecule has 63 heavy (non-hydrogen) atoms. The van der Waals surface area contributed by atoms with E-state index in [1.807, 2.05) is 6.08 Å². The molecule has 3 N–H and O–H groups in total. The number of esters is 1. The van der Waals surface area contributed by atoms with Crippen LogP contribution < -0.4 is 5.32 Å². The quantitative estimate of drug-likeness (QED) is 0.0321. The SMILES string of the molecule is CCCCCC/C=C\CCCCCCCC(=O)OCCCCCCCCCCCCC(=O)NC(CO)C(O)/C=C/CCCCCCCCCCCCCCCCCCCCCCC. The predicted molar refractivity (Wildman–Crippen MR) is 273 cm³/mol. The third-order valence-electron chi connectivity index (χ3n) is 13.0. The Bertz CT molecular complexity index is 982. The van der Waals surface area contributed by atoms with Gasteiger partial charge in [0.2, 0.25) is 5.91 Å². The number of aliphatic hydroxyl groups is 2. The van der Waals surface area contributed by atoms with E-state index >= 15 is 0 Å². The molecule has 0 spiro atoms. The lowest BCUT2D eigenvalue weighted by Crippen LogP contribution is -2.45. The molecule has 0 fully saturated rings. The van der Waals surface area contributed by atoms with Gasteiger partial charge in [0.1, 0.15) is 0 Å². The van der Waals surface area contributed by atoms with Gasteiger partial charge in [0.25, 0.3) is 0 Å². The van der Waals surface area contributed by atoms with Crippen LogP contribution in [-0.4, -0.2) is 47.4 Å². The molecular weight excluding hydrogens is 779 g/mol. The lowest BCUT2D eigenvalue weighted by atomic mass is 10.0. The van der Waals surface area contributed by atoms with Gasteiger partial charge in [0.05, 0.1) is 25.4 Å². The Labute approximate surface area is 392 Å². The summed E-state index contributed by atoms with van der Waals surface area (Å²) in [5.74, 6) is -0.118. The average Bonchev–Trinajstić information content (AvgIpc) is 3.28. The van der Waals surface area contributed by atoms with Crippen LogP contribution in [0.1, 0.15) is 303 Å². The summed E-state index contributed by atoms with van der Waals surface area (Å²) in [5, 5.41) is 23.2. The molecule has 0 heterocycles. The summed E-state index contributed by atoms with van der Waals surface area (Å²) in [5.41, 5.74) is 0. The number of unbranched alkanes of at least 4 members (excludes halogenated alkanes) is 39. The molecule has 0 aliphatic carbocycles. The van der Waals surface area contributed by atoms with Crippen LogP contribution >= 0.6 is 0 Å². The maximum absolute atomic E-state index is 12.5. The van der Waals surface area contributed by atoms with Crippen LogP contribution in [-0.2, 0) is 14.3 Å². The first-order valence-corrected chi connectivity index (χ1v) is 28.1. The van der Waals surface area contributed by atoms with Crippen molar-refractivity contribution < 1.29 is 24.5 Å². The van der Waals surface area contributed by atoms with Gasteiger partial charge in [-0.3, -0.25) is 9.59 Å². The molecule has 0 saturated heterocycles. The molecule has 0 bridgehead atoms. The normalized spacial score (nSPS) is 12.8. The second-order valence-corrected chi connectivity index (χ2v) is 19.3. The van der Waals surface area contributed by atoms with Crippen LogP contribution in [0.4, 0.5) is 0 Å². The Balaban J connectivity index is 3.51. The molecule has 0 aromatic rings. The Morgan fingerprint density at radius 3 is 1.14 bits per heavy atom. The number of amides is 1. The molecule has 0 aliphatic heterocycles. The molecule has 0 aromatic heterocycles. The highest BCUT2D eigenvalue weighted by atomic mass is 16.5. The first kappa shape index (κ1) is 61.3. The molecule has 372 valence electrons. The Hall–Kier alpha value is -1.66. The van der Waals surface area contributed by atoms with Crippen molar-refractivity contribution in [3.63, 3.8) is 0 Å². The van der Waals surface area contributed by atoms with Crippen molar-refractivity contribution >= 4 is 11.9 Å². The maximum Gasteiger partial charge on any atom is 0.305 e. The van der Waals surface area contributed by atoms with Gasteiger partial charge in [-0.15, -0.1) is 0 Å². The fourth-order valence-electron chi connectivity index (χ4n) is 8.63. The Morgan fingerprint density at radius 2 is 0.746 bits per heavy atom. The van der Waals surface area contributed by atoms with E-state index in [4.69, 9.17) is 4.74 Å². The number of carbonyl (C=O) groups is 2. The standard InChI is InChI=1S/C57H109NO5/c1-3-5-7-9-11-13-15-17-18-19-20-21-22-23-24-25-26-28-29-33-37-41-45-49-55(60)54(53-59)58-56(61)50-46-42-38-34-31-32-36-40-44-48-52-63-57(62)51-47-43-39-35-30-27-16-14-12-10-8-6-4-2/h14,16,45,49,54-55,59-60H,3-13,15,17-44,46-48,50-53H2,1-2H3,(H,58,61)/b16-14-,49-45+.